The second kappa shape index (κ2) is 10.5. The first-order valence-corrected chi connectivity index (χ1v) is 9.86. The van der Waals surface area contributed by atoms with Gasteiger partial charge in [0.05, 0.1) is 18.4 Å². The fourth-order valence-corrected chi connectivity index (χ4v) is 3.62. The summed E-state index contributed by atoms with van der Waals surface area (Å²) in [7, 11) is 0. The SMILES string of the molecule is CC(=O)NCCc1ccc(-c2csc(NC(=O)[C@H]3NCCO[C@@H]3C)n2)cc1.Cl. The zero-order valence-electron chi connectivity index (χ0n) is 15.9. The van der Waals surface area contributed by atoms with E-state index in [1.807, 2.05) is 36.6 Å². The standard InChI is InChI=1S/C19H24N4O3S.ClH/c1-12-17(21-9-10-26-12)18(25)23-19-22-16(11-27-19)15-5-3-14(4-6-15)7-8-20-13(2)24;/h3-6,11-12,17,21H,7-10H2,1-2H3,(H,20,24)(H,22,23,25);1H/t12-,17+;/m1./s1. The Morgan fingerprint density at radius 1 is 1.32 bits per heavy atom. The number of hydrogen-bond donors (Lipinski definition) is 3. The second-order valence-electron chi connectivity index (χ2n) is 6.46. The van der Waals surface area contributed by atoms with Crippen LogP contribution >= 0.6 is 23.7 Å². The van der Waals surface area contributed by atoms with Gasteiger partial charge >= 0.3 is 0 Å². The van der Waals surface area contributed by atoms with Gasteiger partial charge in [-0.2, -0.15) is 0 Å². The summed E-state index contributed by atoms with van der Waals surface area (Å²) in [6, 6.07) is 7.69. The number of nitrogens with zero attached hydrogens (tertiary/aromatic N) is 1. The van der Waals surface area contributed by atoms with E-state index < -0.39 is 0 Å². The average molecular weight is 425 g/mol. The summed E-state index contributed by atoms with van der Waals surface area (Å²) in [6.45, 7) is 5.31. The van der Waals surface area contributed by atoms with E-state index in [1.165, 1.54) is 18.3 Å². The Morgan fingerprint density at radius 2 is 2.07 bits per heavy atom. The summed E-state index contributed by atoms with van der Waals surface area (Å²) in [5.74, 6) is -0.149. The van der Waals surface area contributed by atoms with Crippen LogP contribution in [-0.2, 0) is 20.7 Å². The summed E-state index contributed by atoms with van der Waals surface area (Å²) in [4.78, 5) is 27.8. The smallest absolute Gasteiger partial charge is 0.245 e. The number of rotatable bonds is 6. The Labute approximate surface area is 174 Å². The molecule has 3 N–H and O–H groups in total. The van der Waals surface area contributed by atoms with Gasteiger partial charge in [0, 0.05) is 31.0 Å². The third kappa shape index (κ3) is 6.00. The molecule has 1 fully saturated rings. The van der Waals surface area contributed by atoms with Gasteiger partial charge in [-0.1, -0.05) is 24.3 Å². The quantitative estimate of drug-likeness (QED) is 0.661. The van der Waals surface area contributed by atoms with Crippen molar-refractivity contribution in [3.05, 3.63) is 35.2 Å². The van der Waals surface area contributed by atoms with Gasteiger partial charge in [-0.05, 0) is 18.9 Å². The van der Waals surface area contributed by atoms with Crippen molar-refractivity contribution in [2.24, 2.45) is 0 Å². The molecule has 2 atom stereocenters. The first kappa shape index (κ1) is 22.3. The molecule has 2 heterocycles. The molecule has 7 nitrogen and oxygen atoms in total. The molecular weight excluding hydrogens is 400 g/mol. The van der Waals surface area contributed by atoms with E-state index >= 15 is 0 Å². The number of carbonyl (C=O) groups is 2. The zero-order valence-corrected chi connectivity index (χ0v) is 17.5. The molecule has 1 aromatic heterocycles. The number of thiazole rings is 1. The van der Waals surface area contributed by atoms with Crippen molar-refractivity contribution in [3.8, 4) is 11.3 Å². The number of benzene rings is 1. The van der Waals surface area contributed by atoms with Crippen LogP contribution in [0.1, 0.15) is 19.4 Å². The highest BCUT2D eigenvalue weighted by molar-refractivity contribution is 7.14. The monoisotopic (exact) mass is 424 g/mol. The predicted octanol–water partition coefficient (Wildman–Crippen LogP) is 2.23. The molecule has 1 saturated heterocycles. The molecule has 152 valence electrons. The van der Waals surface area contributed by atoms with Crippen molar-refractivity contribution < 1.29 is 14.3 Å². The summed E-state index contributed by atoms with van der Waals surface area (Å²) in [5, 5.41) is 11.3. The highest BCUT2D eigenvalue weighted by atomic mass is 35.5. The molecule has 0 aliphatic carbocycles. The third-order valence-corrected chi connectivity index (χ3v) is 5.13. The number of halogens is 1. The van der Waals surface area contributed by atoms with Gasteiger partial charge in [-0.25, -0.2) is 4.98 Å². The minimum absolute atomic E-state index is 0. The van der Waals surface area contributed by atoms with Crippen LogP contribution < -0.4 is 16.0 Å². The van der Waals surface area contributed by atoms with Gasteiger partial charge in [0.2, 0.25) is 11.8 Å². The van der Waals surface area contributed by atoms with Crippen molar-refractivity contribution >= 4 is 40.7 Å². The van der Waals surface area contributed by atoms with Crippen LogP contribution in [0.25, 0.3) is 11.3 Å². The lowest BCUT2D eigenvalue weighted by Gasteiger charge is -2.28. The minimum Gasteiger partial charge on any atom is -0.375 e. The van der Waals surface area contributed by atoms with Crippen molar-refractivity contribution in [1.29, 1.82) is 0 Å². The van der Waals surface area contributed by atoms with E-state index in [9.17, 15) is 9.59 Å². The molecule has 28 heavy (non-hydrogen) atoms. The van der Waals surface area contributed by atoms with E-state index in [1.54, 1.807) is 0 Å². The third-order valence-electron chi connectivity index (χ3n) is 4.37. The number of morpholine rings is 1. The van der Waals surface area contributed by atoms with E-state index in [-0.39, 0.29) is 36.4 Å². The molecule has 0 spiro atoms. The van der Waals surface area contributed by atoms with Crippen molar-refractivity contribution in [2.75, 3.05) is 25.0 Å². The maximum atomic E-state index is 12.4. The Bertz CT molecular complexity index is 797. The Kier molecular flexibility index (Phi) is 8.37. The fraction of sp³-hybridized carbons (Fsp3) is 0.421. The molecular formula is C19H25ClN4O3S. The molecule has 1 aliphatic rings. The number of anilines is 1. The van der Waals surface area contributed by atoms with Crippen LogP contribution in [0, 0.1) is 0 Å². The largest absolute Gasteiger partial charge is 0.375 e. The molecule has 2 amide bonds. The van der Waals surface area contributed by atoms with E-state index in [0.717, 1.165) is 23.2 Å². The number of hydrogen-bond acceptors (Lipinski definition) is 6. The van der Waals surface area contributed by atoms with Gasteiger partial charge in [0.15, 0.2) is 5.13 Å². The highest BCUT2D eigenvalue weighted by Crippen LogP contribution is 2.25. The number of aromatic nitrogens is 1. The second-order valence-corrected chi connectivity index (χ2v) is 7.32. The predicted molar refractivity (Wildman–Crippen MR) is 113 cm³/mol. The molecule has 3 rings (SSSR count). The first-order chi connectivity index (χ1) is 13.0. The van der Waals surface area contributed by atoms with Crippen LogP contribution in [0.4, 0.5) is 5.13 Å². The Hall–Kier alpha value is -2.00. The van der Waals surface area contributed by atoms with Crippen LogP contribution in [0.3, 0.4) is 0 Å². The Balaban J connectivity index is 0.00000280. The molecule has 1 aliphatic heterocycles. The number of ether oxygens (including phenoxy) is 1. The van der Waals surface area contributed by atoms with Crippen molar-refractivity contribution in [2.45, 2.75) is 32.4 Å². The van der Waals surface area contributed by atoms with E-state index in [0.29, 0.717) is 24.8 Å². The van der Waals surface area contributed by atoms with Crippen molar-refractivity contribution in [3.63, 3.8) is 0 Å². The number of carbonyl (C=O) groups excluding carboxylic acids is 2. The molecule has 9 heteroatoms. The summed E-state index contributed by atoms with van der Waals surface area (Å²) < 4.78 is 5.51. The molecule has 2 aromatic rings. The summed E-state index contributed by atoms with van der Waals surface area (Å²) >= 11 is 1.40. The average Bonchev–Trinajstić information content (AvgIpc) is 3.11. The molecule has 0 radical (unpaired) electrons. The zero-order chi connectivity index (χ0) is 19.2. The molecule has 0 bridgehead atoms. The van der Waals surface area contributed by atoms with Crippen LogP contribution in [0.5, 0.6) is 0 Å². The van der Waals surface area contributed by atoms with Gasteiger partial charge in [0.1, 0.15) is 6.04 Å². The lowest BCUT2D eigenvalue weighted by atomic mass is 10.1. The van der Waals surface area contributed by atoms with Crippen LogP contribution in [0.15, 0.2) is 29.6 Å². The van der Waals surface area contributed by atoms with Crippen LogP contribution in [-0.4, -0.2) is 48.6 Å². The van der Waals surface area contributed by atoms with E-state index in [2.05, 4.69) is 20.9 Å². The normalized spacial score (nSPS) is 18.8. The van der Waals surface area contributed by atoms with Gasteiger partial charge < -0.3 is 20.7 Å². The Morgan fingerprint density at radius 3 is 2.75 bits per heavy atom. The fourth-order valence-electron chi connectivity index (χ4n) is 2.90. The summed E-state index contributed by atoms with van der Waals surface area (Å²) in [5.41, 5.74) is 2.96. The molecule has 0 saturated carbocycles. The lowest BCUT2D eigenvalue weighted by molar-refractivity contribution is -0.123. The number of nitrogens with one attached hydrogen (secondary N) is 3. The lowest BCUT2D eigenvalue weighted by Crippen LogP contribution is -2.53. The molecule has 0 unspecified atom stereocenters. The maximum absolute atomic E-state index is 12.4. The van der Waals surface area contributed by atoms with Gasteiger partial charge in [0.25, 0.3) is 0 Å². The van der Waals surface area contributed by atoms with Gasteiger partial charge in [-0.3, -0.25) is 9.59 Å². The molecule has 1 aromatic carbocycles. The minimum atomic E-state index is -0.367. The topological polar surface area (TPSA) is 92.4 Å². The first-order valence-electron chi connectivity index (χ1n) is 8.98. The van der Waals surface area contributed by atoms with Gasteiger partial charge in [-0.15, -0.1) is 23.7 Å². The summed E-state index contributed by atoms with van der Waals surface area (Å²) in [6.07, 6.45) is 0.621. The number of amides is 2. The van der Waals surface area contributed by atoms with E-state index in [4.69, 9.17) is 4.74 Å². The van der Waals surface area contributed by atoms with Crippen LogP contribution in [0.2, 0.25) is 0 Å². The highest BCUT2D eigenvalue weighted by Gasteiger charge is 2.28. The van der Waals surface area contributed by atoms with Crippen molar-refractivity contribution in [1.82, 2.24) is 15.6 Å². The maximum Gasteiger partial charge on any atom is 0.245 e.